The molecule has 2 bridgehead atoms. The zero-order valence-corrected chi connectivity index (χ0v) is 12.0. The molecule has 1 atom stereocenters. The number of carbonyl (C=O) groups is 1. The van der Waals surface area contributed by atoms with Crippen molar-refractivity contribution in [3.05, 3.63) is 29.8 Å². The number of benzene rings is 1. The fraction of sp³-hybridized carbons (Fsp3) is 0.533. The van der Waals surface area contributed by atoms with Gasteiger partial charge in [-0.25, -0.2) is 4.79 Å². The molecule has 0 radical (unpaired) electrons. The van der Waals surface area contributed by atoms with Crippen molar-refractivity contribution in [1.82, 2.24) is 4.90 Å². The van der Waals surface area contributed by atoms with Gasteiger partial charge >= 0.3 is 12.2 Å². The third-order valence-electron chi connectivity index (χ3n) is 4.64. The maximum Gasteiger partial charge on any atom is 0.416 e. The van der Waals surface area contributed by atoms with E-state index in [0.29, 0.717) is 12.5 Å². The smallest absolute Gasteiger partial charge is 0.351 e. The molecule has 1 aromatic carbocycles. The predicted molar refractivity (Wildman–Crippen MR) is 76.5 cm³/mol. The van der Waals surface area contributed by atoms with Gasteiger partial charge in [-0.3, -0.25) is 4.90 Å². The molecular formula is C15H18F3N3O. The average Bonchev–Trinajstić information content (AvgIpc) is 2.48. The van der Waals surface area contributed by atoms with Crippen molar-refractivity contribution in [2.75, 3.05) is 24.5 Å². The lowest BCUT2D eigenvalue weighted by Gasteiger charge is -2.48. The molecule has 3 heterocycles. The van der Waals surface area contributed by atoms with E-state index in [1.807, 2.05) is 0 Å². The predicted octanol–water partition coefficient (Wildman–Crippen LogP) is 2.68. The average molecular weight is 313 g/mol. The summed E-state index contributed by atoms with van der Waals surface area (Å²) in [7, 11) is 0. The number of hydrogen-bond acceptors (Lipinski definition) is 2. The lowest BCUT2D eigenvalue weighted by Crippen LogP contribution is -2.60. The van der Waals surface area contributed by atoms with Crippen molar-refractivity contribution in [2.45, 2.75) is 25.1 Å². The fourth-order valence-corrected chi connectivity index (χ4v) is 3.54. The first-order valence-corrected chi connectivity index (χ1v) is 7.34. The topological polar surface area (TPSA) is 49.6 Å². The lowest BCUT2D eigenvalue weighted by molar-refractivity contribution is -0.137. The first kappa shape index (κ1) is 15.1. The molecule has 3 fully saturated rings. The highest BCUT2D eigenvalue weighted by Gasteiger charge is 2.40. The second-order valence-electron chi connectivity index (χ2n) is 5.96. The zero-order valence-electron chi connectivity index (χ0n) is 12.0. The molecule has 120 valence electrons. The Morgan fingerprint density at radius 3 is 2.45 bits per heavy atom. The van der Waals surface area contributed by atoms with E-state index in [9.17, 15) is 18.0 Å². The molecule has 4 rings (SSSR count). The van der Waals surface area contributed by atoms with Gasteiger partial charge in [0.1, 0.15) is 0 Å². The Labute approximate surface area is 126 Å². The molecular weight excluding hydrogens is 295 g/mol. The Morgan fingerprint density at radius 2 is 1.95 bits per heavy atom. The Balaban J connectivity index is 1.93. The largest absolute Gasteiger partial charge is 0.416 e. The number of primary amides is 1. The lowest BCUT2D eigenvalue weighted by atomic mass is 9.83. The monoisotopic (exact) mass is 313 g/mol. The summed E-state index contributed by atoms with van der Waals surface area (Å²) in [6, 6.07) is 3.98. The molecule has 7 heteroatoms. The maximum absolute atomic E-state index is 12.9. The summed E-state index contributed by atoms with van der Waals surface area (Å²) in [5, 5.41) is 0. The van der Waals surface area contributed by atoms with E-state index in [-0.39, 0.29) is 11.7 Å². The summed E-state index contributed by atoms with van der Waals surface area (Å²) in [6.45, 7) is 2.64. The van der Waals surface area contributed by atoms with Crippen LogP contribution < -0.4 is 10.6 Å². The van der Waals surface area contributed by atoms with Crippen LogP contribution in [0.3, 0.4) is 0 Å². The molecule has 3 aliphatic heterocycles. The Bertz CT molecular complexity index is 567. The number of alkyl halides is 3. The first-order valence-electron chi connectivity index (χ1n) is 7.34. The first-order chi connectivity index (χ1) is 10.4. The van der Waals surface area contributed by atoms with Crippen LogP contribution in [0.5, 0.6) is 0 Å². The van der Waals surface area contributed by atoms with Crippen LogP contribution in [0.15, 0.2) is 24.3 Å². The molecule has 0 spiro atoms. The Kier molecular flexibility index (Phi) is 3.76. The van der Waals surface area contributed by atoms with Crippen LogP contribution in [0.4, 0.5) is 23.7 Å². The van der Waals surface area contributed by atoms with Gasteiger partial charge in [0, 0.05) is 12.2 Å². The molecule has 3 saturated heterocycles. The summed E-state index contributed by atoms with van der Waals surface area (Å²) in [5.41, 5.74) is 4.93. The number of urea groups is 1. The summed E-state index contributed by atoms with van der Waals surface area (Å²) in [5.74, 6) is 0.298. The van der Waals surface area contributed by atoms with Gasteiger partial charge in [-0.05, 0) is 50.0 Å². The molecule has 0 aliphatic carbocycles. The normalized spacial score (nSPS) is 27.7. The van der Waals surface area contributed by atoms with Gasteiger partial charge in [0.15, 0.2) is 0 Å². The number of hydrogen-bond donors (Lipinski definition) is 1. The van der Waals surface area contributed by atoms with Gasteiger partial charge in [0.2, 0.25) is 0 Å². The van der Waals surface area contributed by atoms with Crippen molar-refractivity contribution in [1.29, 1.82) is 0 Å². The Morgan fingerprint density at radius 1 is 1.27 bits per heavy atom. The maximum atomic E-state index is 12.9. The highest BCUT2D eigenvalue weighted by atomic mass is 19.4. The van der Waals surface area contributed by atoms with Gasteiger partial charge in [-0.15, -0.1) is 0 Å². The molecule has 4 nitrogen and oxygen atoms in total. The summed E-state index contributed by atoms with van der Waals surface area (Å²) < 4.78 is 38.6. The highest BCUT2D eigenvalue weighted by Crippen LogP contribution is 2.36. The van der Waals surface area contributed by atoms with Crippen molar-refractivity contribution in [2.24, 2.45) is 11.7 Å². The third-order valence-corrected chi connectivity index (χ3v) is 4.64. The SMILES string of the molecule is NC(=O)N(c1cccc(C(F)(F)F)c1)C1CN2CCC1CC2. The van der Waals surface area contributed by atoms with Crippen LogP contribution in [0.25, 0.3) is 0 Å². The number of rotatable bonds is 2. The summed E-state index contributed by atoms with van der Waals surface area (Å²) in [4.78, 5) is 15.5. The molecule has 22 heavy (non-hydrogen) atoms. The number of fused-ring (bicyclic) bond motifs is 3. The van der Waals surface area contributed by atoms with Crippen LogP contribution in [-0.2, 0) is 6.18 Å². The van der Waals surface area contributed by atoms with E-state index < -0.39 is 17.8 Å². The van der Waals surface area contributed by atoms with Crippen LogP contribution >= 0.6 is 0 Å². The minimum absolute atomic E-state index is 0.150. The number of amides is 2. The van der Waals surface area contributed by atoms with Crippen molar-refractivity contribution in [3.63, 3.8) is 0 Å². The van der Waals surface area contributed by atoms with E-state index in [0.717, 1.165) is 38.1 Å². The van der Waals surface area contributed by atoms with Crippen molar-refractivity contribution in [3.8, 4) is 0 Å². The van der Waals surface area contributed by atoms with Crippen molar-refractivity contribution < 1.29 is 18.0 Å². The van der Waals surface area contributed by atoms with Crippen LogP contribution in [0, 0.1) is 5.92 Å². The van der Waals surface area contributed by atoms with E-state index in [4.69, 9.17) is 5.73 Å². The second kappa shape index (κ2) is 5.46. The van der Waals surface area contributed by atoms with Crippen LogP contribution in [0.1, 0.15) is 18.4 Å². The van der Waals surface area contributed by atoms with Gasteiger partial charge < -0.3 is 10.6 Å². The molecule has 2 amide bonds. The van der Waals surface area contributed by atoms with Gasteiger partial charge in [-0.1, -0.05) is 6.07 Å². The molecule has 2 N–H and O–H groups in total. The number of nitrogens with two attached hydrogens (primary N) is 1. The zero-order chi connectivity index (χ0) is 15.9. The summed E-state index contributed by atoms with van der Waals surface area (Å²) in [6.07, 6.45) is -2.53. The van der Waals surface area contributed by atoms with Crippen molar-refractivity contribution >= 4 is 11.7 Å². The standard InChI is InChI=1S/C15H18F3N3O/c16-15(17,18)11-2-1-3-12(8-11)21(14(19)22)13-9-20-6-4-10(13)5-7-20/h1-3,8,10,13H,4-7,9H2,(H2,19,22). The summed E-state index contributed by atoms with van der Waals surface area (Å²) >= 11 is 0. The van der Waals surface area contributed by atoms with Gasteiger partial charge in [0.25, 0.3) is 0 Å². The minimum atomic E-state index is -4.44. The Hall–Kier alpha value is -1.76. The molecule has 1 aromatic rings. The van der Waals surface area contributed by atoms with Crippen LogP contribution in [-0.4, -0.2) is 36.6 Å². The molecule has 0 saturated carbocycles. The highest BCUT2D eigenvalue weighted by molar-refractivity contribution is 5.91. The van der Waals surface area contributed by atoms with E-state index in [1.165, 1.54) is 17.0 Å². The third kappa shape index (κ3) is 2.77. The van der Waals surface area contributed by atoms with Gasteiger partial charge in [0.05, 0.1) is 11.6 Å². The minimum Gasteiger partial charge on any atom is -0.351 e. The molecule has 0 aromatic heterocycles. The number of nitrogens with zero attached hydrogens (tertiary/aromatic N) is 2. The van der Waals surface area contributed by atoms with Crippen LogP contribution in [0.2, 0.25) is 0 Å². The second-order valence-corrected chi connectivity index (χ2v) is 5.96. The fourth-order valence-electron chi connectivity index (χ4n) is 3.54. The van der Waals surface area contributed by atoms with E-state index >= 15 is 0 Å². The number of piperidine rings is 3. The van der Waals surface area contributed by atoms with Gasteiger partial charge in [-0.2, -0.15) is 13.2 Å². The quantitative estimate of drug-likeness (QED) is 0.912. The number of carbonyl (C=O) groups excluding carboxylic acids is 1. The number of halogens is 3. The number of anilines is 1. The van der Waals surface area contributed by atoms with E-state index in [2.05, 4.69) is 4.90 Å². The molecule has 1 unspecified atom stereocenters. The van der Waals surface area contributed by atoms with E-state index in [1.54, 1.807) is 0 Å². The molecule has 3 aliphatic rings.